The first-order valence-electron chi connectivity index (χ1n) is 5.31. The summed E-state index contributed by atoms with van der Waals surface area (Å²) in [6, 6.07) is -0.227. The van der Waals surface area contributed by atoms with Crippen molar-refractivity contribution in [2.75, 3.05) is 5.32 Å². The predicted molar refractivity (Wildman–Crippen MR) is 65.5 cm³/mol. The van der Waals surface area contributed by atoms with Crippen LogP contribution in [0.4, 0.5) is 9.93 Å². The summed E-state index contributed by atoms with van der Waals surface area (Å²) >= 11 is 1.43. The molecule has 0 aliphatic heterocycles. The molecule has 1 aromatic heterocycles. The van der Waals surface area contributed by atoms with Crippen molar-refractivity contribution in [2.24, 2.45) is 5.92 Å². The number of aromatic nitrogens is 1. The van der Waals surface area contributed by atoms with Crippen molar-refractivity contribution in [3.8, 4) is 0 Å². The zero-order chi connectivity index (χ0) is 11.5. The number of aryl methyl sites for hydroxylation is 1. The van der Waals surface area contributed by atoms with Gasteiger partial charge in [0.25, 0.3) is 0 Å². The largest absolute Gasteiger partial charge is 0.325 e. The number of anilines is 1. The molecule has 1 heterocycles. The Balaban J connectivity index is 1.82. The van der Waals surface area contributed by atoms with Crippen LogP contribution >= 0.6 is 11.3 Å². The van der Waals surface area contributed by atoms with Crippen LogP contribution in [-0.4, -0.2) is 11.0 Å². The van der Waals surface area contributed by atoms with E-state index in [0.29, 0.717) is 11.0 Å². The van der Waals surface area contributed by atoms with E-state index in [1.165, 1.54) is 29.8 Å². The highest BCUT2D eigenvalue weighted by molar-refractivity contribution is 7.13. The van der Waals surface area contributed by atoms with Crippen LogP contribution in [0, 0.1) is 12.8 Å². The van der Waals surface area contributed by atoms with Gasteiger partial charge in [-0.15, -0.1) is 11.3 Å². The van der Waals surface area contributed by atoms with Gasteiger partial charge in [0.15, 0.2) is 5.13 Å². The Bertz CT molecular complexity index is 421. The molecule has 5 heteroatoms. The molecule has 1 aromatic rings. The molecule has 0 atom stereocenters. The maximum absolute atomic E-state index is 11.5. The Kier molecular flexibility index (Phi) is 3.24. The summed E-state index contributed by atoms with van der Waals surface area (Å²) in [5, 5.41) is 7.94. The number of carbonyl (C=O) groups excluding carboxylic acids is 1. The number of carbonyl (C=O) groups is 1. The van der Waals surface area contributed by atoms with Crippen molar-refractivity contribution in [1.29, 1.82) is 0 Å². The van der Waals surface area contributed by atoms with E-state index in [1.807, 2.05) is 19.2 Å². The van der Waals surface area contributed by atoms with Crippen LogP contribution in [0.2, 0.25) is 0 Å². The lowest BCUT2D eigenvalue weighted by Gasteiger charge is -2.02. The average Bonchev–Trinajstić information content (AvgIpc) is 3.01. The van der Waals surface area contributed by atoms with Gasteiger partial charge >= 0.3 is 6.03 Å². The SMILES string of the molecule is C/C(=C\NC(=O)Nc1nc(C)cs1)C1CC1. The molecule has 86 valence electrons. The molecule has 1 saturated carbocycles. The van der Waals surface area contributed by atoms with Crippen molar-refractivity contribution in [3.63, 3.8) is 0 Å². The molecule has 4 nitrogen and oxygen atoms in total. The second kappa shape index (κ2) is 4.65. The molecule has 2 N–H and O–H groups in total. The van der Waals surface area contributed by atoms with Crippen molar-refractivity contribution in [3.05, 3.63) is 22.8 Å². The van der Waals surface area contributed by atoms with E-state index in [0.717, 1.165) is 5.69 Å². The maximum Gasteiger partial charge on any atom is 0.325 e. The number of hydrogen-bond acceptors (Lipinski definition) is 3. The van der Waals surface area contributed by atoms with Gasteiger partial charge in [-0.3, -0.25) is 5.32 Å². The van der Waals surface area contributed by atoms with E-state index in [-0.39, 0.29) is 6.03 Å². The van der Waals surface area contributed by atoms with Gasteiger partial charge in [-0.25, -0.2) is 9.78 Å². The summed E-state index contributed by atoms with van der Waals surface area (Å²) in [7, 11) is 0. The van der Waals surface area contributed by atoms with E-state index in [9.17, 15) is 4.79 Å². The highest BCUT2D eigenvalue weighted by atomic mass is 32.1. The molecule has 2 rings (SSSR count). The molecule has 0 bridgehead atoms. The maximum atomic E-state index is 11.5. The summed E-state index contributed by atoms with van der Waals surface area (Å²) < 4.78 is 0. The van der Waals surface area contributed by atoms with E-state index in [1.54, 1.807) is 6.20 Å². The third-order valence-electron chi connectivity index (χ3n) is 2.49. The van der Waals surface area contributed by atoms with Gasteiger partial charge in [-0.05, 0) is 32.6 Å². The predicted octanol–water partition coefficient (Wildman–Crippen LogP) is 2.89. The molecular weight excluding hydrogens is 222 g/mol. The Morgan fingerprint density at radius 3 is 2.94 bits per heavy atom. The third kappa shape index (κ3) is 3.06. The Labute approximate surface area is 98.8 Å². The Morgan fingerprint density at radius 2 is 2.38 bits per heavy atom. The quantitative estimate of drug-likeness (QED) is 0.849. The van der Waals surface area contributed by atoms with Gasteiger partial charge < -0.3 is 5.32 Å². The van der Waals surface area contributed by atoms with Crippen molar-refractivity contribution in [1.82, 2.24) is 10.3 Å². The third-order valence-corrected chi connectivity index (χ3v) is 3.37. The van der Waals surface area contributed by atoms with Gasteiger partial charge in [-0.1, -0.05) is 5.57 Å². The van der Waals surface area contributed by atoms with Crippen LogP contribution < -0.4 is 10.6 Å². The molecule has 0 unspecified atom stereocenters. The zero-order valence-electron chi connectivity index (χ0n) is 9.41. The first-order chi connectivity index (χ1) is 7.65. The lowest BCUT2D eigenvalue weighted by molar-refractivity contribution is 0.255. The lowest BCUT2D eigenvalue weighted by Crippen LogP contribution is -2.24. The fourth-order valence-corrected chi connectivity index (χ4v) is 2.06. The summed E-state index contributed by atoms with van der Waals surface area (Å²) in [5.74, 6) is 0.683. The monoisotopic (exact) mass is 237 g/mol. The number of thiazole rings is 1. The number of allylic oxidation sites excluding steroid dienone is 1. The average molecular weight is 237 g/mol. The fraction of sp³-hybridized carbons (Fsp3) is 0.455. The standard InChI is InChI=1S/C11H15N3OS/c1-7(9-3-4-9)5-12-10(15)14-11-13-8(2)6-16-11/h5-6,9H,3-4H2,1-2H3,(H2,12,13,14,15)/b7-5+. The second-order valence-corrected chi connectivity index (χ2v) is 4.91. The Morgan fingerprint density at radius 1 is 1.62 bits per heavy atom. The minimum Gasteiger partial charge on any atom is -0.314 e. The van der Waals surface area contributed by atoms with Crippen molar-refractivity contribution < 1.29 is 4.79 Å². The van der Waals surface area contributed by atoms with Crippen LogP contribution in [0.5, 0.6) is 0 Å². The minimum atomic E-state index is -0.227. The van der Waals surface area contributed by atoms with E-state index >= 15 is 0 Å². The fourth-order valence-electron chi connectivity index (χ4n) is 1.38. The molecule has 2 amide bonds. The highest BCUT2D eigenvalue weighted by Gasteiger charge is 2.22. The van der Waals surface area contributed by atoms with Crippen LogP contribution in [0.3, 0.4) is 0 Å². The number of amides is 2. The van der Waals surface area contributed by atoms with Crippen LogP contribution in [0.1, 0.15) is 25.5 Å². The molecule has 16 heavy (non-hydrogen) atoms. The Hall–Kier alpha value is -1.36. The number of nitrogens with zero attached hydrogens (tertiary/aromatic N) is 1. The normalized spacial score (nSPS) is 16.0. The molecule has 1 aliphatic rings. The molecule has 1 fully saturated rings. The second-order valence-electron chi connectivity index (χ2n) is 4.06. The van der Waals surface area contributed by atoms with Gasteiger partial charge in [0.2, 0.25) is 0 Å². The molecule has 1 aliphatic carbocycles. The first-order valence-corrected chi connectivity index (χ1v) is 6.19. The summed E-state index contributed by atoms with van der Waals surface area (Å²) in [6.45, 7) is 3.95. The smallest absolute Gasteiger partial charge is 0.314 e. The molecule has 0 aromatic carbocycles. The van der Waals surface area contributed by atoms with E-state index < -0.39 is 0 Å². The van der Waals surface area contributed by atoms with Crippen LogP contribution in [0.25, 0.3) is 0 Å². The molecule has 0 radical (unpaired) electrons. The first kappa shape index (κ1) is 11.1. The van der Waals surface area contributed by atoms with Crippen molar-refractivity contribution >= 4 is 22.5 Å². The zero-order valence-corrected chi connectivity index (χ0v) is 10.2. The van der Waals surface area contributed by atoms with Crippen LogP contribution in [-0.2, 0) is 0 Å². The summed E-state index contributed by atoms with van der Waals surface area (Å²) in [5.41, 5.74) is 2.16. The van der Waals surface area contributed by atoms with E-state index in [2.05, 4.69) is 15.6 Å². The topological polar surface area (TPSA) is 54.0 Å². The van der Waals surface area contributed by atoms with Gasteiger partial charge in [0, 0.05) is 11.6 Å². The summed E-state index contributed by atoms with van der Waals surface area (Å²) in [6.07, 6.45) is 4.28. The summed E-state index contributed by atoms with van der Waals surface area (Å²) in [4.78, 5) is 15.6. The molecular formula is C11H15N3OS. The minimum absolute atomic E-state index is 0.227. The van der Waals surface area contributed by atoms with Gasteiger partial charge in [-0.2, -0.15) is 0 Å². The molecule has 0 spiro atoms. The molecule has 0 saturated heterocycles. The van der Waals surface area contributed by atoms with Crippen LogP contribution in [0.15, 0.2) is 17.2 Å². The highest BCUT2D eigenvalue weighted by Crippen LogP contribution is 2.35. The number of hydrogen-bond donors (Lipinski definition) is 2. The number of rotatable bonds is 3. The number of nitrogens with one attached hydrogen (secondary N) is 2. The van der Waals surface area contributed by atoms with Gasteiger partial charge in [0.1, 0.15) is 0 Å². The van der Waals surface area contributed by atoms with Crippen molar-refractivity contribution in [2.45, 2.75) is 26.7 Å². The number of urea groups is 1. The van der Waals surface area contributed by atoms with Gasteiger partial charge in [0.05, 0.1) is 5.69 Å². The van der Waals surface area contributed by atoms with E-state index in [4.69, 9.17) is 0 Å². The lowest BCUT2D eigenvalue weighted by atomic mass is 10.2.